The average molecular weight is 396 g/mol. The number of nitrogens with one attached hydrogen (secondary N) is 2. The second-order valence-electron chi connectivity index (χ2n) is 7.24. The first-order valence-corrected chi connectivity index (χ1v) is 10.1. The van der Waals surface area contributed by atoms with Gasteiger partial charge in [-0.2, -0.15) is 0 Å². The molecule has 2 aromatic carbocycles. The maximum absolute atomic E-state index is 12.2. The van der Waals surface area contributed by atoms with Crippen molar-refractivity contribution in [2.24, 2.45) is 0 Å². The van der Waals surface area contributed by atoms with Crippen LogP contribution in [0.2, 0.25) is 0 Å². The Labute approximate surface area is 172 Å². The molecule has 1 fully saturated rings. The number of anilines is 1. The Balaban J connectivity index is 1.39. The van der Waals surface area contributed by atoms with E-state index in [9.17, 15) is 9.59 Å². The molecule has 1 heterocycles. The van der Waals surface area contributed by atoms with Crippen molar-refractivity contribution in [2.45, 2.75) is 25.8 Å². The van der Waals surface area contributed by atoms with Crippen molar-refractivity contribution >= 4 is 17.5 Å². The Morgan fingerprint density at radius 2 is 1.69 bits per heavy atom. The Bertz CT molecular complexity index is 787. The van der Waals surface area contributed by atoms with Crippen LogP contribution in [-0.2, 0) is 20.7 Å². The lowest BCUT2D eigenvalue weighted by atomic mass is 10.1. The summed E-state index contributed by atoms with van der Waals surface area (Å²) in [4.78, 5) is 26.4. The second kappa shape index (κ2) is 10.6. The summed E-state index contributed by atoms with van der Waals surface area (Å²) in [5, 5.41) is 5.80. The molecule has 1 atom stereocenters. The molecule has 0 aliphatic carbocycles. The van der Waals surface area contributed by atoms with Gasteiger partial charge in [0.25, 0.3) is 0 Å². The Morgan fingerprint density at radius 1 is 1.00 bits per heavy atom. The average Bonchev–Trinajstić information content (AvgIpc) is 2.75. The quantitative estimate of drug-likeness (QED) is 0.720. The summed E-state index contributed by atoms with van der Waals surface area (Å²) in [7, 11) is 0. The van der Waals surface area contributed by atoms with Gasteiger partial charge in [0.05, 0.1) is 25.7 Å². The van der Waals surface area contributed by atoms with Crippen molar-refractivity contribution in [3.05, 3.63) is 65.7 Å². The minimum atomic E-state index is -0.0822. The number of benzene rings is 2. The first kappa shape index (κ1) is 20.9. The molecule has 1 saturated heterocycles. The predicted molar refractivity (Wildman–Crippen MR) is 114 cm³/mol. The number of hydrogen-bond donors (Lipinski definition) is 2. The van der Waals surface area contributed by atoms with Crippen LogP contribution >= 0.6 is 0 Å². The number of amides is 2. The number of carbonyl (C=O) groups is 2. The molecular formula is C23H29N3O3. The lowest BCUT2D eigenvalue weighted by molar-refractivity contribution is -0.122. The molecule has 29 heavy (non-hydrogen) atoms. The van der Waals surface area contributed by atoms with Gasteiger partial charge in [-0.15, -0.1) is 0 Å². The molecule has 2 amide bonds. The lowest BCUT2D eigenvalue weighted by Gasteiger charge is -2.29. The number of hydrogen-bond acceptors (Lipinski definition) is 4. The van der Waals surface area contributed by atoms with E-state index in [0.29, 0.717) is 13.0 Å². The van der Waals surface area contributed by atoms with Gasteiger partial charge in [0, 0.05) is 31.7 Å². The van der Waals surface area contributed by atoms with E-state index in [1.165, 1.54) is 5.69 Å². The molecule has 1 aliphatic rings. The van der Waals surface area contributed by atoms with Gasteiger partial charge in [-0.25, -0.2) is 0 Å². The van der Waals surface area contributed by atoms with Crippen LogP contribution in [0.1, 0.15) is 30.5 Å². The van der Waals surface area contributed by atoms with Gasteiger partial charge in [-0.3, -0.25) is 9.59 Å². The monoisotopic (exact) mass is 395 g/mol. The van der Waals surface area contributed by atoms with Gasteiger partial charge < -0.3 is 20.3 Å². The first-order valence-electron chi connectivity index (χ1n) is 10.1. The van der Waals surface area contributed by atoms with E-state index in [-0.39, 0.29) is 24.3 Å². The number of morpholine rings is 1. The van der Waals surface area contributed by atoms with Crippen LogP contribution in [0.3, 0.4) is 0 Å². The lowest BCUT2D eigenvalue weighted by Crippen LogP contribution is -2.36. The van der Waals surface area contributed by atoms with E-state index in [1.54, 1.807) is 0 Å². The molecule has 2 N–H and O–H groups in total. The largest absolute Gasteiger partial charge is 0.378 e. The summed E-state index contributed by atoms with van der Waals surface area (Å²) < 4.78 is 5.39. The zero-order chi connectivity index (χ0) is 20.5. The number of carbonyl (C=O) groups excluding carboxylic acids is 2. The molecule has 0 bridgehead atoms. The minimum absolute atomic E-state index is 0.0734. The second-order valence-corrected chi connectivity index (χ2v) is 7.24. The van der Waals surface area contributed by atoms with Gasteiger partial charge in [0.2, 0.25) is 11.8 Å². The molecule has 0 saturated carbocycles. The molecule has 1 unspecified atom stereocenters. The molecule has 2 aromatic rings. The number of nitrogens with zero attached hydrogens (tertiary/aromatic N) is 1. The van der Waals surface area contributed by atoms with Crippen LogP contribution in [-0.4, -0.2) is 44.7 Å². The van der Waals surface area contributed by atoms with Gasteiger partial charge in [-0.05, 0) is 30.2 Å². The van der Waals surface area contributed by atoms with Crippen LogP contribution in [0, 0.1) is 0 Å². The van der Waals surface area contributed by atoms with Crippen LogP contribution in [0.4, 0.5) is 5.69 Å². The summed E-state index contributed by atoms with van der Waals surface area (Å²) in [5.74, 6) is -0.148. The molecule has 0 aromatic heterocycles. The summed E-state index contributed by atoms with van der Waals surface area (Å²) in [5.41, 5.74) is 3.20. The molecule has 0 spiro atoms. The highest BCUT2D eigenvalue weighted by atomic mass is 16.5. The molecule has 6 heteroatoms. The SMILES string of the molecule is CC(NC(=O)CCNC(=O)Cc1ccccc1)c1ccc(N2CCOCC2)cc1. The topological polar surface area (TPSA) is 70.7 Å². The van der Waals surface area contributed by atoms with E-state index >= 15 is 0 Å². The molecule has 1 aliphatic heterocycles. The predicted octanol–water partition coefficient (Wildman–Crippen LogP) is 2.45. The van der Waals surface area contributed by atoms with E-state index in [1.807, 2.05) is 37.3 Å². The standard InChI is InChI=1S/C23H29N3O3/c1-18(20-7-9-21(10-8-20)26-13-15-29-16-14-26)25-22(27)11-12-24-23(28)17-19-5-3-2-4-6-19/h2-10,18H,11-17H2,1H3,(H,24,28)(H,25,27). The van der Waals surface area contributed by atoms with Crippen LogP contribution in [0.5, 0.6) is 0 Å². The Kier molecular flexibility index (Phi) is 7.64. The van der Waals surface area contributed by atoms with E-state index in [0.717, 1.165) is 37.4 Å². The first-order chi connectivity index (χ1) is 14.1. The van der Waals surface area contributed by atoms with E-state index < -0.39 is 0 Å². The minimum Gasteiger partial charge on any atom is -0.378 e. The highest BCUT2D eigenvalue weighted by Gasteiger charge is 2.13. The molecular weight excluding hydrogens is 366 g/mol. The molecule has 154 valence electrons. The van der Waals surface area contributed by atoms with Gasteiger partial charge in [0.15, 0.2) is 0 Å². The van der Waals surface area contributed by atoms with Crippen molar-refractivity contribution in [2.75, 3.05) is 37.7 Å². The van der Waals surface area contributed by atoms with Gasteiger partial charge in [-0.1, -0.05) is 42.5 Å². The summed E-state index contributed by atoms with van der Waals surface area (Å²) in [6.07, 6.45) is 0.588. The third kappa shape index (κ3) is 6.61. The van der Waals surface area contributed by atoms with Crippen LogP contribution < -0.4 is 15.5 Å². The van der Waals surface area contributed by atoms with Crippen molar-refractivity contribution < 1.29 is 14.3 Å². The summed E-state index contributed by atoms with van der Waals surface area (Å²) in [6.45, 7) is 5.63. The third-order valence-electron chi connectivity index (χ3n) is 5.03. The smallest absolute Gasteiger partial charge is 0.224 e. The Morgan fingerprint density at radius 3 is 2.38 bits per heavy atom. The highest BCUT2D eigenvalue weighted by Crippen LogP contribution is 2.20. The molecule has 0 radical (unpaired) electrons. The molecule has 6 nitrogen and oxygen atoms in total. The molecule has 3 rings (SSSR count). The summed E-state index contributed by atoms with van der Waals surface area (Å²) in [6, 6.07) is 17.8. The number of ether oxygens (including phenoxy) is 1. The number of rotatable bonds is 8. The fourth-order valence-electron chi connectivity index (χ4n) is 3.35. The van der Waals surface area contributed by atoms with Gasteiger partial charge >= 0.3 is 0 Å². The van der Waals surface area contributed by atoms with Crippen molar-refractivity contribution in [3.8, 4) is 0 Å². The van der Waals surface area contributed by atoms with Gasteiger partial charge in [0.1, 0.15) is 0 Å². The summed E-state index contributed by atoms with van der Waals surface area (Å²) >= 11 is 0. The normalized spacial score (nSPS) is 14.9. The maximum atomic E-state index is 12.2. The van der Waals surface area contributed by atoms with E-state index in [2.05, 4.69) is 39.8 Å². The fraction of sp³-hybridized carbons (Fsp3) is 0.391. The zero-order valence-electron chi connectivity index (χ0n) is 16.9. The van der Waals surface area contributed by atoms with E-state index in [4.69, 9.17) is 4.74 Å². The Hall–Kier alpha value is -2.86. The van der Waals surface area contributed by atoms with Crippen LogP contribution in [0.15, 0.2) is 54.6 Å². The van der Waals surface area contributed by atoms with Crippen molar-refractivity contribution in [1.29, 1.82) is 0 Å². The third-order valence-corrected chi connectivity index (χ3v) is 5.03. The van der Waals surface area contributed by atoms with Crippen molar-refractivity contribution in [1.82, 2.24) is 10.6 Å². The van der Waals surface area contributed by atoms with Crippen molar-refractivity contribution in [3.63, 3.8) is 0 Å². The highest BCUT2D eigenvalue weighted by molar-refractivity contribution is 5.80. The van der Waals surface area contributed by atoms with Crippen LogP contribution in [0.25, 0.3) is 0 Å². The zero-order valence-corrected chi connectivity index (χ0v) is 16.9. The maximum Gasteiger partial charge on any atom is 0.224 e. The fourth-order valence-corrected chi connectivity index (χ4v) is 3.35.